The van der Waals surface area contributed by atoms with E-state index in [-0.39, 0.29) is 36.9 Å². The minimum Gasteiger partial charge on any atom is -0.485 e. The minimum absolute atomic E-state index is 0.100. The molecule has 0 saturated heterocycles. The lowest BCUT2D eigenvalue weighted by atomic mass is 10.1. The molecule has 6 rings (SSSR count). The molecule has 6 aromatic rings. The summed E-state index contributed by atoms with van der Waals surface area (Å²) in [5, 5.41) is 0. The van der Waals surface area contributed by atoms with E-state index in [1.54, 1.807) is 36.4 Å². The van der Waals surface area contributed by atoms with E-state index in [1.165, 1.54) is 48.5 Å². The van der Waals surface area contributed by atoms with Crippen molar-refractivity contribution < 1.29 is 64.4 Å². The zero-order valence-electron chi connectivity index (χ0n) is 32.1. The van der Waals surface area contributed by atoms with Crippen LogP contribution in [0, 0.1) is 0 Å². The molecular formula is C46H38F6O8. The molecule has 0 saturated carbocycles. The molecule has 0 heterocycles. The molecule has 2 atom stereocenters. The van der Waals surface area contributed by atoms with Gasteiger partial charge in [0.15, 0.2) is 23.0 Å². The van der Waals surface area contributed by atoms with Crippen molar-refractivity contribution in [3.05, 3.63) is 179 Å². The van der Waals surface area contributed by atoms with E-state index >= 15 is 0 Å². The van der Waals surface area contributed by atoms with E-state index in [0.717, 1.165) is 11.1 Å². The monoisotopic (exact) mass is 832 g/mol. The normalized spacial score (nSPS) is 12.1. The molecule has 8 nitrogen and oxygen atoms in total. The molecule has 0 bridgehead atoms. The maximum absolute atomic E-state index is 12.3. The van der Waals surface area contributed by atoms with E-state index in [2.05, 4.69) is 9.47 Å². The van der Waals surface area contributed by atoms with Gasteiger partial charge in [0.25, 0.3) is 0 Å². The predicted molar refractivity (Wildman–Crippen MR) is 210 cm³/mol. The number of alkyl halides is 6. The summed E-state index contributed by atoms with van der Waals surface area (Å²) in [6.45, 7) is 3.96. The quantitative estimate of drug-likeness (QED) is 0.0704. The van der Waals surface area contributed by atoms with Crippen molar-refractivity contribution in [1.82, 2.24) is 0 Å². The molecule has 14 heteroatoms. The second-order valence-electron chi connectivity index (χ2n) is 13.0. The van der Waals surface area contributed by atoms with Crippen molar-refractivity contribution >= 4 is 12.6 Å². The first-order valence-electron chi connectivity index (χ1n) is 18.2. The number of halogens is 6. The van der Waals surface area contributed by atoms with Crippen LogP contribution in [0.3, 0.4) is 0 Å². The standard InChI is InChI=1S/2C23H19F3O4/c2*1-16(19-5-3-2-4-6-19)29-22-13-18(14-27)9-12-21(22)28-15-17-7-10-20(11-8-17)30-23(24,25)26/h2*2-14,16H,15H2,1H3/t16-;/m1./s1. The minimum atomic E-state index is -4.74. The maximum Gasteiger partial charge on any atom is 0.573 e. The van der Waals surface area contributed by atoms with Crippen LogP contribution in [-0.2, 0) is 13.2 Å². The van der Waals surface area contributed by atoms with Crippen molar-refractivity contribution in [2.24, 2.45) is 0 Å². The maximum atomic E-state index is 12.3. The molecule has 0 aromatic heterocycles. The number of hydrogen-bond acceptors (Lipinski definition) is 8. The summed E-state index contributed by atoms with van der Waals surface area (Å²) in [7, 11) is 0. The van der Waals surface area contributed by atoms with Gasteiger partial charge in [-0.15, -0.1) is 26.3 Å². The number of ether oxygens (including phenoxy) is 6. The molecule has 312 valence electrons. The lowest BCUT2D eigenvalue weighted by molar-refractivity contribution is -0.275. The number of rotatable bonds is 16. The Bertz CT molecular complexity index is 2100. The van der Waals surface area contributed by atoms with Gasteiger partial charge >= 0.3 is 12.7 Å². The van der Waals surface area contributed by atoms with Gasteiger partial charge in [0.1, 0.15) is 49.5 Å². The highest BCUT2D eigenvalue weighted by molar-refractivity contribution is 5.77. The Kier molecular flexibility index (Phi) is 15.2. The zero-order valence-corrected chi connectivity index (χ0v) is 32.1. The second kappa shape index (κ2) is 20.6. The van der Waals surface area contributed by atoms with Crippen molar-refractivity contribution in [1.29, 1.82) is 0 Å². The first kappa shape index (κ1) is 44.1. The average molecular weight is 833 g/mol. The van der Waals surface area contributed by atoms with E-state index in [0.29, 0.717) is 57.8 Å². The molecule has 6 aromatic carbocycles. The van der Waals surface area contributed by atoms with Crippen LogP contribution >= 0.6 is 0 Å². The molecule has 0 spiro atoms. The predicted octanol–water partition coefficient (Wildman–Crippen LogP) is 12.2. The van der Waals surface area contributed by atoms with Crippen LogP contribution in [-0.4, -0.2) is 25.3 Å². The van der Waals surface area contributed by atoms with Crippen molar-refractivity contribution in [2.75, 3.05) is 0 Å². The topological polar surface area (TPSA) is 89.5 Å². The summed E-state index contributed by atoms with van der Waals surface area (Å²) in [5.74, 6) is 1.02. The van der Waals surface area contributed by atoms with E-state index < -0.39 is 12.7 Å². The van der Waals surface area contributed by atoms with Crippen molar-refractivity contribution in [2.45, 2.75) is 52.0 Å². The second-order valence-corrected chi connectivity index (χ2v) is 13.0. The van der Waals surface area contributed by atoms with Gasteiger partial charge in [-0.05, 0) is 96.8 Å². The Balaban J connectivity index is 0.000000228. The van der Waals surface area contributed by atoms with Gasteiger partial charge in [0, 0.05) is 11.1 Å². The van der Waals surface area contributed by atoms with Gasteiger partial charge in [0.2, 0.25) is 0 Å². The van der Waals surface area contributed by atoms with Gasteiger partial charge in [-0.3, -0.25) is 9.59 Å². The Morgan fingerprint density at radius 3 is 1.13 bits per heavy atom. The summed E-state index contributed by atoms with van der Waals surface area (Å²) >= 11 is 0. The summed E-state index contributed by atoms with van der Waals surface area (Å²) in [6.07, 6.45) is -8.62. The van der Waals surface area contributed by atoms with E-state index in [9.17, 15) is 35.9 Å². The molecule has 0 aliphatic rings. The van der Waals surface area contributed by atoms with Crippen LogP contribution in [0.5, 0.6) is 34.5 Å². The van der Waals surface area contributed by atoms with Gasteiger partial charge in [0.05, 0.1) is 0 Å². The Hall–Kier alpha value is -6.96. The highest BCUT2D eigenvalue weighted by Crippen LogP contribution is 2.35. The lowest BCUT2D eigenvalue weighted by Gasteiger charge is -2.18. The summed E-state index contributed by atoms with van der Waals surface area (Å²) < 4.78 is 105. The SMILES string of the molecule is CC(Oc1cc(C=O)ccc1OCc1ccc(OC(F)(F)F)cc1)c1ccccc1.C[C@@H](Oc1cc(C=O)ccc1OCc1ccc(OC(F)(F)F)cc1)c1ccccc1. The first-order valence-corrected chi connectivity index (χ1v) is 18.2. The summed E-state index contributed by atoms with van der Waals surface area (Å²) in [6, 6.07) is 39.6. The smallest absolute Gasteiger partial charge is 0.485 e. The number of aldehydes is 2. The number of hydrogen-bond donors (Lipinski definition) is 0. The molecule has 1 unspecified atom stereocenters. The molecule has 0 aliphatic carbocycles. The third-order valence-electron chi connectivity index (χ3n) is 8.46. The highest BCUT2D eigenvalue weighted by atomic mass is 19.4. The van der Waals surface area contributed by atoms with Gasteiger partial charge in [-0.25, -0.2) is 0 Å². The third-order valence-corrected chi connectivity index (χ3v) is 8.46. The van der Waals surface area contributed by atoms with Crippen LogP contribution in [0.2, 0.25) is 0 Å². The van der Waals surface area contributed by atoms with Crippen LogP contribution in [0.15, 0.2) is 146 Å². The molecule has 0 amide bonds. The fraction of sp³-hybridized carbons (Fsp3) is 0.174. The molecule has 0 radical (unpaired) electrons. The fourth-order valence-electron chi connectivity index (χ4n) is 5.48. The highest BCUT2D eigenvalue weighted by Gasteiger charge is 2.31. The summed E-state index contributed by atoms with van der Waals surface area (Å²) in [5.41, 5.74) is 4.08. The molecule has 60 heavy (non-hydrogen) atoms. The van der Waals surface area contributed by atoms with Gasteiger partial charge < -0.3 is 28.4 Å². The van der Waals surface area contributed by atoms with Gasteiger partial charge in [-0.2, -0.15) is 0 Å². The summed E-state index contributed by atoms with van der Waals surface area (Å²) in [4.78, 5) is 22.3. The molecule has 0 aliphatic heterocycles. The zero-order chi connectivity index (χ0) is 43.1. The number of carbonyl (C=O) groups is 2. The van der Waals surface area contributed by atoms with Gasteiger partial charge in [-0.1, -0.05) is 84.9 Å². The third kappa shape index (κ3) is 14.1. The average Bonchev–Trinajstić information content (AvgIpc) is 3.23. The number of carbonyl (C=O) groups excluding carboxylic acids is 2. The van der Waals surface area contributed by atoms with Crippen molar-refractivity contribution in [3.63, 3.8) is 0 Å². The van der Waals surface area contributed by atoms with E-state index in [4.69, 9.17) is 18.9 Å². The lowest BCUT2D eigenvalue weighted by Crippen LogP contribution is -2.17. The Morgan fingerprint density at radius 2 is 0.817 bits per heavy atom. The molecule has 0 N–H and O–H groups in total. The molecule has 0 fully saturated rings. The van der Waals surface area contributed by atoms with E-state index in [1.807, 2.05) is 74.5 Å². The van der Waals surface area contributed by atoms with Crippen molar-refractivity contribution in [3.8, 4) is 34.5 Å². The first-order chi connectivity index (χ1) is 28.7. The van der Waals surface area contributed by atoms with Crippen LogP contribution < -0.4 is 28.4 Å². The van der Waals surface area contributed by atoms with Crippen LogP contribution in [0.4, 0.5) is 26.3 Å². The Labute approximate surface area is 341 Å². The molecular weight excluding hydrogens is 794 g/mol. The largest absolute Gasteiger partial charge is 0.573 e. The van der Waals surface area contributed by atoms with Crippen LogP contribution in [0.25, 0.3) is 0 Å². The number of benzene rings is 6. The Morgan fingerprint density at radius 1 is 0.467 bits per heavy atom. The fourth-order valence-corrected chi connectivity index (χ4v) is 5.48. The van der Waals surface area contributed by atoms with Crippen LogP contribution in [0.1, 0.15) is 69.0 Å².